The van der Waals surface area contributed by atoms with E-state index in [1.165, 1.54) is 21.3 Å². The standard InChI is InChI=1S/C15H17N3S/c1-11-17-9-13(19-11)8-16-7-12-10-18(2)15-6-4-3-5-14(12)15/h3-6,9-10,16H,7-8H2,1-2H3. The lowest BCUT2D eigenvalue weighted by Crippen LogP contribution is -2.11. The Hall–Kier alpha value is -1.65. The molecule has 0 aliphatic rings. The Morgan fingerprint density at radius 2 is 2.11 bits per heavy atom. The van der Waals surface area contributed by atoms with Gasteiger partial charge in [-0.15, -0.1) is 11.3 Å². The summed E-state index contributed by atoms with van der Waals surface area (Å²) >= 11 is 1.75. The lowest BCUT2D eigenvalue weighted by molar-refractivity contribution is 0.701. The number of nitrogens with zero attached hydrogens (tertiary/aromatic N) is 2. The number of aryl methyl sites for hydroxylation is 2. The fraction of sp³-hybridized carbons (Fsp3) is 0.267. The normalized spacial score (nSPS) is 11.3. The number of rotatable bonds is 4. The van der Waals surface area contributed by atoms with Gasteiger partial charge >= 0.3 is 0 Å². The predicted molar refractivity (Wildman–Crippen MR) is 80.3 cm³/mol. The topological polar surface area (TPSA) is 29.9 Å². The van der Waals surface area contributed by atoms with Crippen LogP contribution in [0.4, 0.5) is 0 Å². The molecular weight excluding hydrogens is 254 g/mol. The largest absolute Gasteiger partial charge is 0.350 e. The van der Waals surface area contributed by atoms with E-state index in [0.717, 1.165) is 18.1 Å². The van der Waals surface area contributed by atoms with Gasteiger partial charge in [0, 0.05) is 48.3 Å². The summed E-state index contributed by atoms with van der Waals surface area (Å²) in [7, 11) is 2.10. The third-order valence-corrected chi connectivity index (χ3v) is 4.18. The van der Waals surface area contributed by atoms with Crippen LogP contribution in [0.3, 0.4) is 0 Å². The first-order valence-corrected chi connectivity index (χ1v) is 7.20. The fourth-order valence-corrected chi connectivity index (χ4v) is 3.14. The van der Waals surface area contributed by atoms with Crippen molar-refractivity contribution in [2.45, 2.75) is 20.0 Å². The number of benzene rings is 1. The molecule has 1 N–H and O–H groups in total. The zero-order valence-electron chi connectivity index (χ0n) is 11.2. The number of nitrogens with one attached hydrogen (secondary N) is 1. The summed E-state index contributed by atoms with van der Waals surface area (Å²) in [6.07, 6.45) is 4.16. The van der Waals surface area contributed by atoms with Crippen LogP contribution in [0.1, 0.15) is 15.4 Å². The fourth-order valence-electron chi connectivity index (χ4n) is 2.37. The Labute approximate surface area is 116 Å². The minimum absolute atomic E-state index is 0.884. The first-order valence-electron chi connectivity index (χ1n) is 6.39. The van der Waals surface area contributed by atoms with Crippen molar-refractivity contribution in [2.75, 3.05) is 0 Å². The van der Waals surface area contributed by atoms with Crippen LogP contribution in [0.25, 0.3) is 10.9 Å². The molecule has 0 aliphatic heterocycles. The maximum atomic E-state index is 4.27. The molecule has 0 radical (unpaired) electrons. The Morgan fingerprint density at radius 3 is 2.89 bits per heavy atom. The molecule has 4 heteroatoms. The Morgan fingerprint density at radius 1 is 1.26 bits per heavy atom. The zero-order valence-corrected chi connectivity index (χ0v) is 12.0. The summed E-state index contributed by atoms with van der Waals surface area (Å²) in [5.74, 6) is 0. The molecule has 19 heavy (non-hydrogen) atoms. The van der Waals surface area contributed by atoms with Gasteiger partial charge in [0.1, 0.15) is 0 Å². The van der Waals surface area contributed by atoms with Crippen LogP contribution in [0, 0.1) is 6.92 Å². The maximum absolute atomic E-state index is 4.27. The SMILES string of the molecule is Cc1ncc(CNCc2cn(C)c3ccccc23)s1. The third-order valence-electron chi connectivity index (χ3n) is 3.26. The van der Waals surface area contributed by atoms with E-state index in [1.54, 1.807) is 11.3 Å². The summed E-state index contributed by atoms with van der Waals surface area (Å²) in [5, 5.41) is 5.95. The van der Waals surface area contributed by atoms with Crippen LogP contribution in [0.2, 0.25) is 0 Å². The number of thiazole rings is 1. The number of para-hydroxylation sites is 1. The van der Waals surface area contributed by atoms with Gasteiger partial charge in [-0.05, 0) is 18.6 Å². The van der Waals surface area contributed by atoms with Crippen molar-refractivity contribution in [1.82, 2.24) is 14.9 Å². The second kappa shape index (κ2) is 5.15. The highest BCUT2D eigenvalue weighted by Gasteiger charge is 2.05. The highest BCUT2D eigenvalue weighted by molar-refractivity contribution is 7.11. The van der Waals surface area contributed by atoms with Crippen LogP contribution in [-0.2, 0) is 20.1 Å². The Balaban J connectivity index is 1.72. The van der Waals surface area contributed by atoms with Crippen molar-refractivity contribution in [1.29, 1.82) is 0 Å². The molecule has 0 unspecified atom stereocenters. The second-order valence-corrected chi connectivity index (χ2v) is 6.05. The molecule has 0 saturated carbocycles. The molecule has 0 saturated heterocycles. The molecule has 2 heterocycles. The van der Waals surface area contributed by atoms with E-state index >= 15 is 0 Å². The quantitative estimate of drug-likeness (QED) is 0.789. The third kappa shape index (κ3) is 2.55. The average molecular weight is 271 g/mol. The first kappa shape index (κ1) is 12.4. The molecule has 0 aliphatic carbocycles. The number of fused-ring (bicyclic) bond motifs is 1. The van der Waals surface area contributed by atoms with Crippen molar-refractivity contribution < 1.29 is 0 Å². The van der Waals surface area contributed by atoms with Crippen LogP contribution < -0.4 is 5.32 Å². The average Bonchev–Trinajstić information content (AvgIpc) is 2.96. The summed E-state index contributed by atoms with van der Waals surface area (Å²) in [6, 6.07) is 8.52. The molecule has 0 fully saturated rings. The van der Waals surface area contributed by atoms with E-state index in [2.05, 4.69) is 52.4 Å². The van der Waals surface area contributed by atoms with Gasteiger partial charge in [-0.1, -0.05) is 18.2 Å². The monoisotopic (exact) mass is 271 g/mol. The van der Waals surface area contributed by atoms with E-state index in [1.807, 2.05) is 13.1 Å². The Kier molecular flexibility index (Phi) is 3.36. The van der Waals surface area contributed by atoms with Gasteiger partial charge in [0.15, 0.2) is 0 Å². The van der Waals surface area contributed by atoms with E-state index in [9.17, 15) is 0 Å². The summed E-state index contributed by atoms with van der Waals surface area (Å²) in [6.45, 7) is 3.81. The molecule has 3 nitrogen and oxygen atoms in total. The maximum Gasteiger partial charge on any atom is 0.0897 e. The van der Waals surface area contributed by atoms with Crippen molar-refractivity contribution in [2.24, 2.45) is 7.05 Å². The summed E-state index contributed by atoms with van der Waals surface area (Å²) in [4.78, 5) is 5.56. The number of hydrogen-bond acceptors (Lipinski definition) is 3. The molecule has 1 aromatic carbocycles. The van der Waals surface area contributed by atoms with Gasteiger partial charge in [-0.3, -0.25) is 0 Å². The van der Waals surface area contributed by atoms with Crippen molar-refractivity contribution >= 4 is 22.2 Å². The van der Waals surface area contributed by atoms with Crippen LogP contribution in [0.5, 0.6) is 0 Å². The zero-order chi connectivity index (χ0) is 13.2. The lowest BCUT2D eigenvalue weighted by atomic mass is 10.2. The van der Waals surface area contributed by atoms with Crippen molar-refractivity contribution in [3.8, 4) is 0 Å². The van der Waals surface area contributed by atoms with Crippen LogP contribution in [0.15, 0.2) is 36.7 Å². The van der Waals surface area contributed by atoms with Crippen LogP contribution in [-0.4, -0.2) is 9.55 Å². The highest BCUT2D eigenvalue weighted by Crippen LogP contribution is 2.20. The second-order valence-electron chi connectivity index (χ2n) is 4.73. The van der Waals surface area contributed by atoms with E-state index in [0.29, 0.717) is 0 Å². The minimum atomic E-state index is 0.884. The summed E-state index contributed by atoms with van der Waals surface area (Å²) in [5.41, 5.74) is 2.63. The molecular formula is C15H17N3S. The van der Waals surface area contributed by atoms with Gasteiger partial charge in [0.2, 0.25) is 0 Å². The molecule has 0 atom stereocenters. The molecule has 0 bridgehead atoms. The minimum Gasteiger partial charge on any atom is -0.350 e. The number of hydrogen-bond donors (Lipinski definition) is 1. The smallest absolute Gasteiger partial charge is 0.0897 e. The molecule has 0 spiro atoms. The van der Waals surface area contributed by atoms with Crippen molar-refractivity contribution in [3.05, 3.63) is 52.1 Å². The highest BCUT2D eigenvalue weighted by atomic mass is 32.1. The van der Waals surface area contributed by atoms with Gasteiger partial charge in [0.05, 0.1) is 5.01 Å². The van der Waals surface area contributed by atoms with Gasteiger partial charge < -0.3 is 9.88 Å². The first-order chi connectivity index (χ1) is 9.24. The predicted octanol–water partition coefficient (Wildman–Crippen LogP) is 3.23. The molecule has 98 valence electrons. The van der Waals surface area contributed by atoms with E-state index in [4.69, 9.17) is 0 Å². The van der Waals surface area contributed by atoms with E-state index in [-0.39, 0.29) is 0 Å². The molecule has 3 rings (SSSR count). The Bertz CT molecular complexity index is 696. The summed E-state index contributed by atoms with van der Waals surface area (Å²) < 4.78 is 2.18. The van der Waals surface area contributed by atoms with Crippen LogP contribution >= 0.6 is 11.3 Å². The molecule has 2 aromatic heterocycles. The molecule has 0 amide bonds. The van der Waals surface area contributed by atoms with E-state index < -0.39 is 0 Å². The van der Waals surface area contributed by atoms with Gasteiger partial charge in [-0.25, -0.2) is 4.98 Å². The van der Waals surface area contributed by atoms with Gasteiger partial charge in [0.25, 0.3) is 0 Å². The lowest BCUT2D eigenvalue weighted by Gasteiger charge is -2.01. The van der Waals surface area contributed by atoms with Crippen molar-refractivity contribution in [3.63, 3.8) is 0 Å². The number of aromatic nitrogens is 2. The van der Waals surface area contributed by atoms with Gasteiger partial charge in [-0.2, -0.15) is 0 Å². The molecule has 3 aromatic rings.